The van der Waals surface area contributed by atoms with Crippen LogP contribution in [0.2, 0.25) is 0 Å². The van der Waals surface area contributed by atoms with Crippen molar-refractivity contribution in [3.05, 3.63) is 101 Å². The standard InChI is InChI=1S/C27H26N4O3/c1-18-5-9-21(10-6-18)31-25(32)14-13-23(26(31)20-7-11-22(33-2)12-8-20)27-29-24(30-34-27)16-19-4-3-15-28-17-19/h3-12,15,17,23,26H,13-14,16H2,1-2H3. The van der Waals surface area contributed by atoms with E-state index in [1.54, 1.807) is 19.5 Å². The van der Waals surface area contributed by atoms with Crippen molar-refractivity contribution < 1.29 is 14.1 Å². The van der Waals surface area contributed by atoms with Crippen LogP contribution in [0.1, 0.15) is 53.2 Å². The molecular weight excluding hydrogens is 428 g/mol. The van der Waals surface area contributed by atoms with Gasteiger partial charge in [-0.15, -0.1) is 0 Å². The molecule has 7 nitrogen and oxygen atoms in total. The van der Waals surface area contributed by atoms with Gasteiger partial charge in [0.2, 0.25) is 11.8 Å². The van der Waals surface area contributed by atoms with Crippen LogP contribution in [0.25, 0.3) is 0 Å². The second-order valence-electron chi connectivity index (χ2n) is 8.55. The number of benzene rings is 2. The van der Waals surface area contributed by atoms with Crippen molar-refractivity contribution in [1.82, 2.24) is 15.1 Å². The maximum absolute atomic E-state index is 13.2. The molecule has 1 amide bonds. The largest absolute Gasteiger partial charge is 0.497 e. The minimum absolute atomic E-state index is 0.0796. The molecule has 34 heavy (non-hydrogen) atoms. The first kappa shape index (κ1) is 21.8. The summed E-state index contributed by atoms with van der Waals surface area (Å²) in [6.07, 6.45) is 5.12. The predicted octanol–water partition coefficient (Wildman–Crippen LogP) is 5.02. The highest BCUT2D eigenvalue weighted by atomic mass is 16.5. The molecule has 2 atom stereocenters. The SMILES string of the molecule is COc1ccc(C2C(c3nc(Cc4cccnc4)no3)CCC(=O)N2c2ccc(C)cc2)cc1. The van der Waals surface area contributed by atoms with Gasteiger partial charge in [-0.2, -0.15) is 4.98 Å². The Morgan fingerprint density at radius 1 is 1.09 bits per heavy atom. The number of aryl methyl sites for hydroxylation is 1. The van der Waals surface area contributed by atoms with E-state index >= 15 is 0 Å². The van der Waals surface area contributed by atoms with Crippen LogP contribution < -0.4 is 9.64 Å². The second kappa shape index (κ2) is 9.47. The van der Waals surface area contributed by atoms with E-state index in [2.05, 4.69) is 10.1 Å². The Bertz CT molecular complexity index is 1250. The smallest absolute Gasteiger partial charge is 0.232 e. The summed E-state index contributed by atoms with van der Waals surface area (Å²) in [6.45, 7) is 2.04. The normalized spacial score (nSPS) is 18.2. The topological polar surface area (TPSA) is 81.4 Å². The fraction of sp³-hybridized carbons (Fsp3) is 0.259. The van der Waals surface area contributed by atoms with Gasteiger partial charge in [0.15, 0.2) is 5.82 Å². The van der Waals surface area contributed by atoms with E-state index in [0.29, 0.717) is 31.0 Å². The van der Waals surface area contributed by atoms with E-state index in [-0.39, 0.29) is 17.9 Å². The van der Waals surface area contributed by atoms with E-state index < -0.39 is 0 Å². The van der Waals surface area contributed by atoms with Gasteiger partial charge in [0.25, 0.3) is 0 Å². The molecule has 0 bridgehead atoms. The Balaban J connectivity index is 1.53. The zero-order valence-electron chi connectivity index (χ0n) is 19.2. The third kappa shape index (κ3) is 4.41. The predicted molar refractivity (Wildman–Crippen MR) is 128 cm³/mol. The van der Waals surface area contributed by atoms with Crippen molar-refractivity contribution in [2.45, 2.75) is 38.1 Å². The van der Waals surface area contributed by atoms with Crippen LogP contribution in [-0.2, 0) is 11.2 Å². The number of hydrogen-bond acceptors (Lipinski definition) is 6. The van der Waals surface area contributed by atoms with Gasteiger partial charge in [-0.1, -0.05) is 41.1 Å². The molecular formula is C27H26N4O3. The highest BCUT2D eigenvalue weighted by molar-refractivity contribution is 5.95. The molecule has 3 heterocycles. The van der Waals surface area contributed by atoms with Crippen LogP contribution in [0.5, 0.6) is 5.75 Å². The number of anilines is 1. The summed E-state index contributed by atoms with van der Waals surface area (Å²) in [5.74, 6) is 1.86. The van der Waals surface area contributed by atoms with E-state index in [4.69, 9.17) is 14.2 Å². The van der Waals surface area contributed by atoms with Gasteiger partial charge < -0.3 is 14.2 Å². The first-order chi connectivity index (χ1) is 16.6. The minimum atomic E-state index is -0.276. The average molecular weight is 455 g/mol. The first-order valence-corrected chi connectivity index (χ1v) is 11.4. The lowest BCUT2D eigenvalue weighted by atomic mass is 9.83. The molecule has 1 fully saturated rings. The lowest BCUT2D eigenvalue weighted by Gasteiger charge is -2.40. The van der Waals surface area contributed by atoms with Gasteiger partial charge in [0.1, 0.15) is 5.75 Å². The number of nitrogens with zero attached hydrogens (tertiary/aromatic N) is 4. The summed E-state index contributed by atoms with van der Waals surface area (Å²) in [5, 5.41) is 4.23. The van der Waals surface area contributed by atoms with Gasteiger partial charge in [-0.3, -0.25) is 9.78 Å². The minimum Gasteiger partial charge on any atom is -0.497 e. The Morgan fingerprint density at radius 2 is 1.88 bits per heavy atom. The highest BCUT2D eigenvalue weighted by Gasteiger charge is 2.41. The number of amides is 1. The summed E-state index contributed by atoms with van der Waals surface area (Å²) in [4.78, 5) is 24.0. The van der Waals surface area contributed by atoms with Gasteiger partial charge >= 0.3 is 0 Å². The second-order valence-corrected chi connectivity index (χ2v) is 8.55. The third-order valence-electron chi connectivity index (χ3n) is 6.25. The van der Waals surface area contributed by atoms with Crippen molar-refractivity contribution in [1.29, 1.82) is 0 Å². The molecule has 2 unspecified atom stereocenters. The Hall–Kier alpha value is -4.00. The van der Waals surface area contributed by atoms with Crippen LogP contribution in [0.4, 0.5) is 5.69 Å². The van der Waals surface area contributed by atoms with Gasteiger partial charge in [-0.05, 0) is 54.8 Å². The van der Waals surface area contributed by atoms with E-state index in [9.17, 15) is 4.79 Å². The molecule has 0 N–H and O–H groups in total. The molecule has 1 aliphatic heterocycles. The lowest BCUT2D eigenvalue weighted by Crippen LogP contribution is -2.42. The van der Waals surface area contributed by atoms with Gasteiger partial charge in [0, 0.05) is 30.9 Å². The van der Waals surface area contributed by atoms with Crippen LogP contribution in [0.15, 0.2) is 77.6 Å². The molecule has 4 aromatic rings. The summed E-state index contributed by atoms with van der Waals surface area (Å²) in [5.41, 5.74) is 4.01. The molecule has 0 radical (unpaired) electrons. The molecule has 0 saturated carbocycles. The quantitative estimate of drug-likeness (QED) is 0.407. The van der Waals surface area contributed by atoms with Crippen LogP contribution in [-0.4, -0.2) is 28.1 Å². The zero-order chi connectivity index (χ0) is 23.5. The maximum atomic E-state index is 13.2. The number of carbonyl (C=O) groups is 1. The number of pyridine rings is 1. The van der Waals surface area contributed by atoms with E-state index in [1.165, 1.54) is 0 Å². The Morgan fingerprint density at radius 3 is 2.59 bits per heavy atom. The molecule has 7 heteroatoms. The number of methoxy groups -OCH3 is 1. The maximum Gasteiger partial charge on any atom is 0.232 e. The van der Waals surface area contributed by atoms with Crippen LogP contribution in [0.3, 0.4) is 0 Å². The highest BCUT2D eigenvalue weighted by Crippen LogP contribution is 2.45. The van der Waals surface area contributed by atoms with Crippen molar-refractivity contribution >= 4 is 11.6 Å². The average Bonchev–Trinajstić information content (AvgIpc) is 3.33. The third-order valence-corrected chi connectivity index (χ3v) is 6.25. The van der Waals surface area contributed by atoms with Crippen molar-refractivity contribution in [2.75, 3.05) is 12.0 Å². The number of rotatable bonds is 6. The summed E-state index contributed by atoms with van der Waals surface area (Å²) in [7, 11) is 1.64. The fourth-order valence-corrected chi connectivity index (χ4v) is 4.52. The number of ether oxygens (including phenoxy) is 1. The molecule has 0 aliphatic carbocycles. The van der Waals surface area contributed by atoms with Crippen LogP contribution in [0, 0.1) is 6.92 Å². The first-order valence-electron chi connectivity index (χ1n) is 11.4. The van der Waals surface area contributed by atoms with Crippen molar-refractivity contribution in [3.63, 3.8) is 0 Å². The number of hydrogen-bond donors (Lipinski definition) is 0. The molecule has 2 aromatic carbocycles. The van der Waals surface area contributed by atoms with Crippen LogP contribution >= 0.6 is 0 Å². The van der Waals surface area contributed by atoms with Crippen molar-refractivity contribution in [2.24, 2.45) is 0 Å². The summed E-state index contributed by atoms with van der Waals surface area (Å²) in [6, 6.07) is 19.5. The molecule has 1 aliphatic rings. The lowest BCUT2D eigenvalue weighted by molar-refractivity contribution is -0.120. The summed E-state index contributed by atoms with van der Waals surface area (Å²) >= 11 is 0. The number of piperidine rings is 1. The van der Waals surface area contributed by atoms with Crippen molar-refractivity contribution in [3.8, 4) is 5.75 Å². The van der Waals surface area contributed by atoms with E-state index in [0.717, 1.165) is 28.1 Å². The molecule has 1 saturated heterocycles. The molecule has 0 spiro atoms. The molecule has 172 valence electrons. The monoisotopic (exact) mass is 454 g/mol. The van der Waals surface area contributed by atoms with E-state index in [1.807, 2.05) is 72.5 Å². The van der Waals surface area contributed by atoms with Gasteiger partial charge in [0.05, 0.1) is 19.1 Å². The number of aromatic nitrogens is 3. The Labute approximate surface area is 198 Å². The van der Waals surface area contributed by atoms with Gasteiger partial charge in [-0.25, -0.2) is 0 Å². The summed E-state index contributed by atoms with van der Waals surface area (Å²) < 4.78 is 11.1. The Kier molecular flexibility index (Phi) is 6.08. The molecule has 2 aromatic heterocycles. The number of carbonyl (C=O) groups excluding carboxylic acids is 1. The fourth-order valence-electron chi connectivity index (χ4n) is 4.52. The molecule has 5 rings (SSSR count). The zero-order valence-corrected chi connectivity index (χ0v) is 19.2.